The van der Waals surface area contributed by atoms with Crippen LogP contribution in [0.25, 0.3) is 0 Å². The van der Waals surface area contributed by atoms with Crippen molar-refractivity contribution in [3.05, 3.63) is 33.8 Å². The minimum atomic E-state index is 0.428. The summed E-state index contributed by atoms with van der Waals surface area (Å²) >= 11 is 12.2. The van der Waals surface area contributed by atoms with Crippen molar-refractivity contribution in [2.24, 2.45) is 10.8 Å². The first-order chi connectivity index (χ1) is 9.67. The van der Waals surface area contributed by atoms with Crippen LogP contribution >= 0.6 is 23.2 Å². The fourth-order valence-corrected chi connectivity index (χ4v) is 4.63. The molecule has 0 unspecified atom stereocenters. The van der Waals surface area contributed by atoms with E-state index >= 15 is 0 Å². The highest BCUT2D eigenvalue weighted by atomic mass is 35.5. The molecule has 0 radical (unpaired) electrons. The van der Waals surface area contributed by atoms with Gasteiger partial charge in [0.05, 0.1) is 0 Å². The summed E-state index contributed by atoms with van der Waals surface area (Å²) in [6, 6.07) is 6.37. The number of benzene rings is 1. The summed E-state index contributed by atoms with van der Waals surface area (Å²) in [5.41, 5.74) is 2.03. The van der Waals surface area contributed by atoms with Gasteiger partial charge in [-0.15, -0.1) is 0 Å². The molecule has 3 heteroatoms. The Hall–Kier alpha value is -0.240. The van der Waals surface area contributed by atoms with Crippen LogP contribution in [0.3, 0.4) is 0 Å². The summed E-state index contributed by atoms with van der Waals surface area (Å²) < 4.78 is 0. The van der Waals surface area contributed by atoms with Gasteiger partial charge >= 0.3 is 0 Å². The number of rotatable bonds is 4. The summed E-state index contributed by atoms with van der Waals surface area (Å²) in [6.45, 7) is 10.5. The Morgan fingerprint density at radius 2 is 1.71 bits per heavy atom. The average Bonchev–Trinajstić information content (AvgIpc) is 2.28. The van der Waals surface area contributed by atoms with E-state index in [1.807, 2.05) is 18.2 Å². The molecule has 0 aliphatic heterocycles. The third-order valence-corrected chi connectivity index (χ3v) is 4.98. The molecule has 0 amide bonds. The van der Waals surface area contributed by atoms with Crippen molar-refractivity contribution < 1.29 is 0 Å². The van der Waals surface area contributed by atoms with E-state index in [-0.39, 0.29) is 0 Å². The maximum absolute atomic E-state index is 6.23. The van der Waals surface area contributed by atoms with Crippen LogP contribution < -0.4 is 5.32 Å². The molecule has 1 aliphatic carbocycles. The fourth-order valence-electron chi connectivity index (χ4n) is 4.13. The van der Waals surface area contributed by atoms with E-state index in [0.717, 1.165) is 18.0 Å². The highest BCUT2D eigenvalue weighted by Gasteiger charge is 2.37. The van der Waals surface area contributed by atoms with Crippen molar-refractivity contribution in [3.8, 4) is 0 Å². The third kappa shape index (κ3) is 5.16. The molecule has 0 atom stereocenters. The molecule has 0 spiro atoms. The number of nitrogens with one attached hydrogen (secondary N) is 1. The molecule has 1 nitrogen and oxygen atoms in total. The molecular weight excluding hydrogens is 301 g/mol. The fraction of sp³-hybridized carbons (Fsp3) is 0.667. The van der Waals surface area contributed by atoms with Gasteiger partial charge in [0.15, 0.2) is 0 Å². The first-order valence-electron chi connectivity index (χ1n) is 7.84. The van der Waals surface area contributed by atoms with E-state index in [2.05, 4.69) is 33.0 Å². The molecule has 0 saturated heterocycles. The predicted octanol–water partition coefficient (Wildman–Crippen LogP) is 5.73. The lowest BCUT2D eigenvalue weighted by Crippen LogP contribution is -2.44. The van der Waals surface area contributed by atoms with Crippen molar-refractivity contribution in [1.82, 2.24) is 5.32 Å². The van der Waals surface area contributed by atoms with Crippen molar-refractivity contribution in [3.63, 3.8) is 0 Å². The van der Waals surface area contributed by atoms with Crippen LogP contribution in [0.1, 0.15) is 52.5 Å². The van der Waals surface area contributed by atoms with Crippen LogP contribution in [-0.2, 0) is 6.42 Å². The zero-order chi connectivity index (χ0) is 15.7. The van der Waals surface area contributed by atoms with Crippen LogP contribution in [-0.4, -0.2) is 12.6 Å². The van der Waals surface area contributed by atoms with Gasteiger partial charge in [-0.2, -0.15) is 0 Å². The predicted molar refractivity (Wildman–Crippen MR) is 93.4 cm³/mol. The molecular formula is C18H27Cl2N. The van der Waals surface area contributed by atoms with E-state index in [4.69, 9.17) is 23.2 Å². The molecule has 1 aromatic rings. The topological polar surface area (TPSA) is 12.0 Å². The van der Waals surface area contributed by atoms with Gasteiger partial charge in [-0.3, -0.25) is 0 Å². The van der Waals surface area contributed by atoms with Crippen molar-refractivity contribution in [1.29, 1.82) is 0 Å². The Morgan fingerprint density at radius 3 is 2.29 bits per heavy atom. The molecule has 21 heavy (non-hydrogen) atoms. The molecule has 1 saturated carbocycles. The minimum absolute atomic E-state index is 0.428. The lowest BCUT2D eigenvalue weighted by Gasteiger charge is -2.45. The van der Waals surface area contributed by atoms with E-state index in [9.17, 15) is 0 Å². The number of halogens is 2. The SMILES string of the molecule is CC1(C)CC(NCCc2ccc(Cl)cc2Cl)CC(C)(C)C1. The maximum atomic E-state index is 6.23. The molecule has 1 N–H and O–H groups in total. The van der Waals surface area contributed by atoms with Crippen molar-refractivity contribution >= 4 is 23.2 Å². The molecule has 0 heterocycles. The van der Waals surface area contributed by atoms with Gasteiger partial charge in [0.25, 0.3) is 0 Å². The number of hydrogen-bond acceptors (Lipinski definition) is 1. The van der Waals surface area contributed by atoms with Crippen molar-refractivity contribution in [2.45, 2.75) is 59.4 Å². The van der Waals surface area contributed by atoms with Gasteiger partial charge < -0.3 is 5.32 Å². The Bertz CT molecular complexity index is 478. The van der Waals surface area contributed by atoms with Crippen LogP contribution in [0.5, 0.6) is 0 Å². The Kier molecular flexibility index (Phi) is 5.28. The molecule has 1 fully saturated rings. The highest BCUT2D eigenvalue weighted by Crippen LogP contribution is 2.45. The Morgan fingerprint density at radius 1 is 1.10 bits per heavy atom. The zero-order valence-corrected chi connectivity index (χ0v) is 15.1. The Labute approximate surface area is 139 Å². The molecule has 1 aromatic carbocycles. The molecule has 0 bridgehead atoms. The van der Waals surface area contributed by atoms with Gasteiger partial charge in [0.1, 0.15) is 0 Å². The summed E-state index contributed by atoms with van der Waals surface area (Å²) in [6.07, 6.45) is 4.77. The van der Waals surface area contributed by atoms with Gasteiger partial charge in [-0.25, -0.2) is 0 Å². The smallest absolute Gasteiger partial charge is 0.0453 e. The summed E-state index contributed by atoms with van der Waals surface area (Å²) in [4.78, 5) is 0. The van der Waals surface area contributed by atoms with Crippen molar-refractivity contribution in [2.75, 3.05) is 6.54 Å². The van der Waals surface area contributed by atoms with E-state index in [0.29, 0.717) is 21.9 Å². The first-order valence-corrected chi connectivity index (χ1v) is 8.60. The Balaban J connectivity index is 1.88. The lowest BCUT2D eigenvalue weighted by atomic mass is 9.63. The second kappa shape index (κ2) is 6.48. The first kappa shape index (κ1) is 17.1. The van der Waals surface area contributed by atoms with Gasteiger partial charge in [0.2, 0.25) is 0 Å². The normalized spacial score (nSPS) is 21.4. The second-order valence-corrected chi connectivity index (χ2v) is 8.89. The quantitative estimate of drug-likeness (QED) is 0.744. The average molecular weight is 328 g/mol. The highest BCUT2D eigenvalue weighted by molar-refractivity contribution is 6.35. The van der Waals surface area contributed by atoms with E-state index < -0.39 is 0 Å². The maximum Gasteiger partial charge on any atom is 0.0453 e. The van der Waals surface area contributed by atoms with Crippen LogP contribution in [0.2, 0.25) is 10.0 Å². The third-order valence-electron chi connectivity index (χ3n) is 4.40. The van der Waals surface area contributed by atoms with Crippen LogP contribution in [0.15, 0.2) is 18.2 Å². The summed E-state index contributed by atoms with van der Waals surface area (Å²) in [5.74, 6) is 0. The van der Waals surface area contributed by atoms with E-state index in [1.165, 1.54) is 24.8 Å². The zero-order valence-electron chi connectivity index (χ0n) is 13.6. The lowest BCUT2D eigenvalue weighted by molar-refractivity contribution is 0.0854. The molecule has 2 rings (SSSR count). The van der Waals surface area contributed by atoms with E-state index in [1.54, 1.807) is 0 Å². The number of hydrogen-bond donors (Lipinski definition) is 1. The van der Waals surface area contributed by atoms with Gasteiger partial charge in [0, 0.05) is 16.1 Å². The van der Waals surface area contributed by atoms with Gasteiger partial charge in [-0.1, -0.05) is 57.0 Å². The molecule has 118 valence electrons. The largest absolute Gasteiger partial charge is 0.314 e. The summed E-state index contributed by atoms with van der Waals surface area (Å²) in [7, 11) is 0. The van der Waals surface area contributed by atoms with Crippen LogP contribution in [0, 0.1) is 10.8 Å². The molecule has 1 aliphatic rings. The van der Waals surface area contributed by atoms with Crippen LogP contribution in [0.4, 0.5) is 0 Å². The monoisotopic (exact) mass is 327 g/mol. The second-order valence-electron chi connectivity index (χ2n) is 8.05. The summed E-state index contributed by atoms with van der Waals surface area (Å²) in [5, 5.41) is 5.20. The molecule has 0 aromatic heterocycles. The van der Waals surface area contributed by atoms with Gasteiger partial charge in [-0.05, 0) is 60.8 Å². The minimum Gasteiger partial charge on any atom is -0.314 e. The standard InChI is InChI=1S/C18H27Cl2N/c1-17(2)10-15(11-18(3,4)12-17)21-8-7-13-5-6-14(19)9-16(13)20/h5-6,9,15,21H,7-8,10-12H2,1-4H3.